The lowest BCUT2D eigenvalue weighted by Crippen LogP contribution is -2.19. The summed E-state index contributed by atoms with van der Waals surface area (Å²) in [5, 5.41) is 4.89. The van der Waals surface area contributed by atoms with Crippen LogP contribution in [0.2, 0.25) is 10.0 Å². The summed E-state index contributed by atoms with van der Waals surface area (Å²) in [5.41, 5.74) is 4.78. The highest BCUT2D eigenvalue weighted by Crippen LogP contribution is 2.22. The minimum atomic E-state index is -0.331. The van der Waals surface area contributed by atoms with Gasteiger partial charge in [0.2, 0.25) is 0 Å². The molecule has 2 rings (SSSR count). The van der Waals surface area contributed by atoms with Gasteiger partial charge in [-0.25, -0.2) is 5.43 Å². The highest BCUT2D eigenvalue weighted by molar-refractivity contribution is 6.42. The third-order valence-corrected chi connectivity index (χ3v) is 3.85. The predicted molar refractivity (Wildman–Crippen MR) is 97.1 cm³/mol. The number of carbonyl (C=O) groups is 1. The van der Waals surface area contributed by atoms with E-state index < -0.39 is 0 Å². The van der Waals surface area contributed by atoms with Gasteiger partial charge in [0.05, 0.1) is 15.8 Å². The fraction of sp³-hybridized carbons (Fsp3) is 0.111. The molecule has 0 radical (unpaired) electrons. The molecular formula is C18H16Cl2N2O. The Kier molecular flexibility index (Phi) is 6.39. The maximum atomic E-state index is 12.1. The number of amides is 1. The maximum absolute atomic E-state index is 12.1. The molecule has 0 spiro atoms. The third-order valence-electron chi connectivity index (χ3n) is 3.11. The fourth-order valence-electron chi connectivity index (χ4n) is 1.82. The zero-order valence-corrected chi connectivity index (χ0v) is 14.1. The van der Waals surface area contributed by atoms with Crippen LogP contribution in [0.1, 0.15) is 29.3 Å². The number of hydrogen-bond donors (Lipinski definition) is 1. The average Bonchev–Trinajstić information content (AvgIpc) is 2.58. The van der Waals surface area contributed by atoms with Gasteiger partial charge in [0, 0.05) is 5.56 Å². The molecule has 5 heteroatoms. The Labute approximate surface area is 145 Å². The van der Waals surface area contributed by atoms with Crippen molar-refractivity contribution in [1.82, 2.24) is 5.43 Å². The molecule has 3 nitrogen and oxygen atoms in total. The number of carbonyl (C=O) groups excluding carboxylic acids is 1. The standard InChI is InChI=1S/C18H16Cl2N2O/c1-2-15(10-8-13-6-4-3-5-7-13)21-22-18(23)14-9-11-16(19)17(20)12-14/h3-12H,2H2,1H3,(H,22,23)/b10-8-,21-15+. The summed E-state index contributed by atoms with van der Waals surface area (Å²) < 4.78 is 0. The number of hydrogen-bond acceptors (Lipinski definition) is 2. The van der Waals surface area contributed by atoms with Gasteiger partial charge in [-0.05, 0) is 36.3 Å². The molecule has 0 saturated carbocycles. The second kappa shape index (κ2) is 8.51. The van der Waals surface area contributed by atoms with Crippen LogP contribution in [-0.2, 0) is 0 Å². The Morgan fingerprint density at radius 2 is 1.87 bits per heavy atom. The van der Waals surface area contributed by atoms with E-state index in [-0.39, 0.29) is 5.91 Å². The first-order chi connectivity index (χ1) is 11.1. The largest absolute Gasteiger partial charge is 0.271 e. The second-order valence-corrected chi connectivity index (χ2v) is 5.58. The second-order valence-electron chi connectivity index (χ2n) is 4.77. The summed E-state index contributed by atoms with van der Waals surface area (Å²) in [5.74, 6) is -0.331. The molecule has 118 valence electrons. The quantitative estimate of drug-likeness (QED) is 0.586. The molecule has 0 atom stereocenters. The van der Waals surface area contributed by atoms with Gasteiger partial charge in [-0.2, -0.15) is 5.10 Å². The van der Waals surface area contributed by atoms with Gasteiger partial charge in [0.15, 0.2) is 0 Å². The topological polar surface area (TPSA) is 41.5 Å². The number of rotatable bonds is 5. The van der Waals surface area contributed by atoms with E-state index in [1.165, 1.54) is 6.07 Å². The lowest BCUT2D eigenvalue weighted by molar-refractivity contribution is 0.0955. The van der Waals surface area contributed by atoms with E-state index in [1.807, 2.05) is 49.4 Å². The summed E-state index contributed by atoms with van der Waals surface area (Å²) in [7, 11) is 0. The molecule has 0 saturated heterocycles. The van der Waals surface area contributed by atoms with E-state index in [2.05, 4.69) is 10.5 Å². The van der Waals surface area contributed by atoms with Gasteiger partial charge < -0.3 is 0 Å². The molecule has 0 aliphatic carbocycles. The Morgan fingerprint density at radius 3 is 2.52 bits per heavy atom. The number of allylic oxidation sites excluding steroid dienone is 1. The van der Waals surface area contributed by atoms with Crippen LogP contribution in [0.15, 0.2) is 59.7 Å². The molecule has 0 aliphatic heterocycles. The highest BCUT2D eigenvalue weighted by Gasteiger charge is 2.07. The van der Waals surface area contributed by atoms with Crippen LogP contribution >= 0.6 is 23.2 Å². The van der Waals surface area contributed by atoms with Crippen LogP contribution in [0, 0.1) is 0 Å². The fourth-order valence-corrected chi connectivity index (χ4v) is 2.11. The van der Waals surface area contributed by atoms with Crippen LogP contribution in [0.25, 0.3) is 6.08 Å². The van der Waals surface area contributed by atoms with E-state index in [4.69, 9.17) is 23.2 Å². The van der Waals surface area contributed by atoms with Crippen molar-refractivity contribution in [3.8, 4) is 0 Å². The number of benzene rings is 2. The molecule has 1 N–H and O–H groups in total. The maximum Gasteiger partial charge on any atom is 0.271 e. The minimum Gasteiger partial charge on any atom is -0.267 e. The molecule has 0 aromatic heterocycles. The van der Waals surface area contributed by atoms with Gasteiger partial charge >= 0.3 is 0 Å². The molecule has 23 heavy (non-hydrogen) atoms. The number of nitrogens with one attached hydrogen (secondary N) is 1. The van der Waals surface area contributed by atoms with E-state index >= 15 is 0 Å². The Morgan fingerprint density at radius 1 is 1.13 bits per heavy atom. The van der Waals surface area contributed by atoms with Crippen LogP contribution in [-0.4, -0.2) is 11.6 Å². The minimum absolute atomic E-state index is 0.331. The summed E-state index contributed by atoms with van der Waals surface area (Å²) >= 11 is 11.7. The SMILES string of the molecule is CCC(/C=C\c1ccccc1)=N\NC(=O)c1ccc(Cl)c(Cl)c1. The molecule has 0 bridgehead atoms. The van der Waals surface area contributed by atoms with Crippen LogP contribution in [0.5, 0.6) is 0 Å². The zero-order valence-electron chi connectivity index (χ0n) is 12.6. The third kappa shape index (κ3) is 5.23. The molecule has 1 amide bonds. The normalized spacial score (nSPS) is 11.7. The van der Waals surface area contributed by atoms with Crippen molar-refractivity contribution >= 4 is 40.9 Å². The van der Waals surface area contributed by atoms with Crippen molar-refractivity contribution < 1.29 is 4.79 Å². The van der Waals surface area contributed by atoms with Crippen LogP contribution in [0.4, 0.5) is 0 Å². The van der Waals surface area contributed by atoms with E-state index in [1.54, 1.807) is 12.1 Å². The van der Waals surface area contributed by atoms with Gasteiger partial charge in [0.1, 0.15) is 0 Å². The molecular weight excluding hydrogens is 331 g/mol. The van der Waals surface area contributed by atoms with E-state index in [9.17, 15) is 4.79 Å². The van der Waals surface area contributed by atoms with E-state index in [0.717, 1.165) is 11.3 Å². The lowest BCUT2D eigenvalue weighted by Gasteiger charge is -2.03. The van der Waals surface area contributed by atoms with Gasteiger partial charge in [-0.3, -0.25) is 4.79 Å². The molecule has 0 fully saturated rings. The monoisotopic (exact) mass is 346 g/mol. The first-order valence-corrected chi connectivity index (χ1v) is 7.91. The number of hydrazone groups is 1. The van der Waals surface area contributed by atoms with Crippen molar-refractivity contribution in [2.24, 2.45) is 5.10 Å². The van der Waals surface area contributed by atoms with Crippen molar-refractivity contribution in [2.75, 3.05) is 0 Å². The predicted octanol–water partition coefficient (Wildman–Crippen LogP) is 5.20. The van der Waals surface area contributed by atoms with Crippen LogP contribution in [0.3, 0.4) is 0 Å². The van der Waals surface area contributed by atoms with Crippen molar-refractivity contribution in [3.63, 3.8) is 0 Å². The average molecular weight is 347 g/mol. The van der Waals surface area contributed by atoms with Crippen LogP contribution < -0.4 is 5.43 Å². The first kappa shape index (κ1) is 17.3. The van der Waals surface area contributed by atoms with E-state index in [0.29, 0.717) is 22.0 Å². The molecule has 2 aromatic carbocycles. The van der Waals surface area contributed by atoms with Crippen molar-refractivity contribution in [2.45, 2.75) is 13.3 Å². The molecule has 0 heterocycles. The summed E-state index contributed by atoms with van der Waals surface area (Å²) in [4.78, 5) is 12.1. The van der Waals surface area contributed by atoms with Gasteiger partial charge in [-0.1, -0.05) is 66.5 Å². The number of nitrogens with zero attached hydrogens (tertiary/aromatic N) is 1. The highest BCUT2D eigenvalue weighted by atomic mass is 35.5. The Bertz CT molecular complexity index is 740. The first-order valence-electron chi connectivity index (χ1n) is 7.15. The lowest BCUT2D eigenvalue weighted by atomic mass is 10.2. The zero-order chi connectivity index (χ0) is 16.7. The van der Waals surface area contributed by atoms with Crippen molar-refractivity contribution in [1.29, 1.82) is 0 Å². The molecule has 0 aliphatic rings. The molecule has 2 aromatic rings. The van der Waals surface area contributed by atoms with Gasteiger partial charge in [0.25, 0.3) is 5.91 Å². The van der Waals surface area contributed by atoms with Crippen molar-refractivity contribution in [3.05, 3.63) is 75.8 Å². The molecule has 0 unspecified atom stereocenters. The Balaban J connectivity index is 2.05. The summed E-state index contributed by atoms with van der Waals surface area (Å²) in [6.07, 6.45) is 4.53. The summed E-state index contributed by atoms with van der Waals surface area (Å²) in [6, 6.07) is 14.6. The smallest absolute Gasteiger partial charge is 0.267 e. The Hall–Kier alpha value is -2.10. The summed E-state index contributed by atoms with van der Waals surface area (Å²) in [6.45, 7) is 1.97. The number of halogens is 2. The van der Waals surface area contributed by atoms with Gasteiger partial charge in [-0.15, -0.1) is 0 Å².